The third-order valence-corrected chi connectivity index (χ3v) is 5.72. The van der Waals surface area contributed by atoms with Crippen LogP contribution in [0.1, 0.15) is 43.0 Å². The number of nitrogens with zero attached hydrogens (tertiary/aromatic N) is 3. The number of rotatable bonds is 7. The van der Waals surface area contributed by atoms with E-state index < -0.39 is 0 Å². The molecule has 0 bridgehead atoms. The lowest BCUT2D eigenvalue weighted by Gasteiger charge is -2.31. The zero-order chi connectivity index (χ0) is 16.5. The van der Waals surface area contributed by atoms with Crippen LogP contribution in [0.5, 0.6) is 0 Å². The van der Waals surface area contributed by atoms with E-state index in [1.165, 1.54) is 43.8 Å². The Morgan fingerprint density at radius 3 is 2.67 bits per heavy atom. The topological polar surface area (TPSA) is 52.6 Å². The van der Waals surface area contributed by atoms with Gasteiger partial charge in [-0.3, -0.25) is 4.99 Å². The minimum absolute atomic E-state index is 0. The van der Waals surface area contributed by atoms with Crippen molar-refractivity contribution in [1.29, 1.82) is 0 Å². The van der Waals surface area contributed by atoms with Gasteiger partial charge in [0.25, 0.3) is 0 Å². The average Bonchev–Trinajstić information content (AvgIpc) is 3.06. The zero-order valence-corrected chi connectivity index (χ0v) is 18.3. The monoisotopic (exact) mass is 465 g/mol. The van der Waals surface area contributed by atoms with Gasteiger partial charge >= 0.3 is 0 Å². The van der Waals surface area contributed by atoms with Crippen LogP contribution in [0, 0.1) is 5.92 Å². The molecule has 5 nitrogen and oxygen atoms in total. The van der Waals surface area contributed by atoms with Crippen molar-refractivity contribution in [3.8, 4) is 0 Å². The van der Waals surface area contributed by atoms with Crippen molar-refractivity contribution in [3.63, 3.8) is 0 Å². The van der Waals surface area contributed by atoms with Gasteiger partial charge in [0.15, 0.2) is 5.96 Å². The number of likely N-dealkylation sites (tertiary alicyclic amines) is 1. The summed E-state index contributed by atoms with van der Waals surface area (Å²) >= 11 is 1.77. The molecule has 2 N–H and O–H groups in total. The quantitative estimate of drug-likeness (QED) is 0.369. The summed E-state index contributed by atoms with van der Waals surface area (Å²) in [7, 11) is 1.83. The Kier molecular flexibility index (Phi) is 10.8. The van der Waals surface area contributed by atoms with E-state index in [0.29, 0.717) is 0 Å². The molecule has 0 radical (unpaired) electrons. The highest BCUT2D eigenvalue weighted by molar-refractivity contribution is 14.0. The third kappa shape index (κ3) is 7.23. The number of nitrogens with one attached hydrogen (secondary N) is 2. The molecule has 1 fully saturated rings. The van der Waals surface area contributed by atoms with Crippen molar-refractivity contribution in [2.75, 3.05) is 33.2 Å². The van der Waals surface area contributed by atoms with Gasteiger partial charge in [-0.1, -0.05) is 13.8 Å². The molecule has 0 aliphatic carbocycles. The van der Waals surface area contributed by atoms with Crippen LogP contribution in [0.15, 0.2) is 11.2 Å². The number of hydrogen-bond acceptors (Lipinski definition) is 4. The van der Waals surface area contributed by atoms with E-state index >= 15 is 0 Å². The molecule has 0 aromatic carbocycles. The number of piperidine rings is 1. The Balaban J connectivity index is 0.00000288. The van der Waals surface area contributed by atoms with Crippen molar-refractivity contribution >= 4 is 41.3 Å². The second-order valence-corrected chi connectivity index (χ2v) is 7.29. The lowest BCUT2D eigenvalue weighted by molar-refractivity contribution is 0.187. The Labute approximate surface area is 167 Å². The molecule has 0 saturated carbocycles. The molecule has 0 spiro atoms. The highest BCUT2D eigenvalue weighted by Crippen LogP contribution is 2.19. The Morgan fingerprint density at radius 1 is 1.33 bits per heavy atom. The second-order valence-electron chi connectivity index (χ2n) is 6.09. The summed E-state index contributed by atoms with van der Waals surface area (Å²) in [5, 5.41) is 7.91. The van der Waals surface area contributed by atoms with Crippen LogP contribution >= 0.6 is 35.3 Å². The molecule has 24 heavy (non-hydrogen) atoms. The van der Waals surface area contributed by atoms with Gasteiger partial charge in [0, 0.05) is 24.7 Å². The summed E-state index contributed by atoms with van der Waals surface area (Å²) in [5.74, 6) is 1.73. The van der Waals surface area contributed by atoms with Crippen LogP contribution < -0.4 is 10.6 Å². The van der Waals surface area contributed by atoms with E-state index in [9.17, 15) is 0 Å². The zero-order valence-electron chi connectivity index (χ0n) is 15.2. The normalized spacial score (nSPS) is 16.7. The van der Waals surface area contributed by atoms with E-state index in [0.717, 1.165) is 36.4 Å². The van der Waals surface area contributed by atoms with Gasteiger partial charge in [0.05, 0.1) is 6.54 Å². The first-order chi connectivity index (χ1) is 11.2. The maximum atomic E-state index is 4.43. The minimum Gasteiger partial charge on any atom is -0.356 e. The van der Waals surface area contributed by atoms with Crippen molar-refractivity contribution in [2.45, 2.75) is 46.1 Å². The van der Waals surface area contributed by atoms with E-state index in [1.54, 1.807) is 11.3 Å². The number of aryl methyl sites for hydroxylation is 1. The van der Waals surface area contributed by atoms with Crippen LogP contribution in [0.3, 0.4) is 0 Å². The number of thiazole rings is 1. The van der Waals surface area contributed by atoms with Crippen LogP contribution in [0.4, 0.5) is 0 Å². The van der Waals surface area contributed by atoms with Crippen molar-refractivity contribution in [3.05, 3.63) is 16.1 Å². The lowest BCUT2D eigenvalue weighted by atomic mass is 9.93. The largest absolute Gasteiger partial charge is 0.356 e. The molecule has 0 amide bonds. The van der Waals surface area contributed by atoms with Crippen molar-refractivity contribution in [1.82, 2.24) is 20.5 Å². The molecule has 0 atom stereocenters. The summed E-state index contributed by atoms with van der Waals surface area (Å²) in [5.41, 5.74) is 0. The SMILES string of the molecule is CCc1cnc(CNC(=NC)NCCC2CCN(CC)CC2)s1.I. The molecular weight excluding hydrogens is 433 g/mol. The molecular formula is C17H32IN5S. The van der Waals surface area contributed by atoms with Crippen molar-refractivity contribution in [2.24, 2.45) is 10.9 Å². The van der Waals surface area contributed by atoms with E-state index in [2.05, 4.69) is 39.4 Å². The molecule has 138 valence electrons. The van der Waals surface area contributed by atoms with Gasteiger partial charge in [0.2, 0.25) is 0 Å². The molecule has 2 rings (SSSR count). The van der Waals surface area contributed by atoms with Crippen LogP contribution in [-0.2, 0) is 13.0 Å². The molecule has 1 aromatic heterocycles. The number of hydrogen-bond donors (Lipinski definition) is 2. The van der Waals surface area contributed by atoms with Gasteiger partial charge < -0.3 is 15.5 Å². The maximum Gasteiger partial charge on any atom is 0.191 e. The number of aliphatic imine (C=N–C) groups is 1. The molecule has 1 aliphatic rings. The van der Waals surface area contributed by atoms with Crippen LogP contribution in [-0.4, -0.2) is 49.1 Å². The smallest absolute Gasteiger partial charge is 0.191 e. The molecule has 1 aromatic rings. The molecule has 7 heteroatoms. The van der Waals surface area contributed by atoms with Gasteiger partial charge in [-0.05, 0) is 51.2 Å². The molecule has 1 aliphatic heterocycles. The maximum absolute atomic E-state index is 4.43. The minimum atomic E-state index is 0. The summed E-state index contributed by atoms with van der Waals surface area (Å²) in [6, 6.07) is 0. The van der Waals surface area contributed by atoms with Gasteiger partial charge in [-0.25, -0.2) is 4.98 Å². The number of halogens is 1. The summed E-state index contributed by atoms with van der Waals surface area (Å²) in [6.45, 7) is 9.88. The summed E-state index contributed by atoms with van der Waals surface area (Å²) in [4.78, 5) is 12.6. The fraction of sp³-hybridized carbons (Fsp3) is 0.765. The first kappa shape index (κ1) is 21.6. The average molecular weight is 465 g/mol. The summed E-state index contributed by atoms with van der Waals surface area (Å²) in [6.07, 6.45) is 6.93. The first-order valence-corrected chi connectivity index (χ1v) is 9.67. The Morgan fingerprint density at radius 2 is 2.08 bits per heavy atom. The van der Waals surface area contributed by atoms with E-state index in [-0.39, 0.29) is 24.0 Å². The highest BCUT2D eigenvalue weighted by atomic mass is 127. The van der Waals surface area contributed by atoms with Crippen LogP contribution in [0.25, 0.3) is 0 Å². The second kappa shape index (κ2) is 12.0. The van der Waals surface area contributed by atoms with E-state index in [1.807, 2.05) is 13.2 Å². The van der Waals surface area contributed by atoms with E-state index in [4.69, 9.17) is 0 Å². The Hall–Kier alpha value is -0.410. The Bertz CT molecular complexity index is 483. The highest BCUT2D eigenvalue weighted by Gasteiger charge is 2.17. The first-order valence-electron chi connectivity index (χ1n) is 8.85. The summed E-state index contributed by atoms with van der Waals surface area (Å²) < 4.78 is 0. The standard InChI is InChI=1S/C17H31N5S.HI/c1-4-15-12-20-16(23-15)13-21-17(18-3)19-9-6-14-7-10-22(5-2)11-8-14;/h12,14H,4-11,13H2,1-3H3,(H2,18,19,21);1H. The number of aromatic nitrogens is 1. The van der Waals surface area contributed by atoms with Crippen LogP contribution in [0.2, 0.25) is 0 Å². The third-order valence-electron chi connectivity index (χ3n) is 4.58. The van der Waals surface area contributed by atoms with Crippen molar-refractivity contribution < 1.29 is 0 Å². The fourth-order valence-corrected chi connectivity index (χ4v) is 3.76. The fourth-order valence-electron chi connectivity index (χ4n) is 2.96. The predicted molar refractivity (Wildman–Crippen MR) is 115 cm³/mol. The number of guanidine groups is 1. The van der Waals surface area contributed by atoms with Gasteiger partial charge in [-0.2, -0.15) is 0 Å². The molecule has 1 saturated heterocycles. The van der Waals surface area contributed by atoms with Gasteiger partial charge in [0.1, 0.15) is 5.01 Å². The lowest BCUT2D eigenvalue weighted by Crippen LogP contribution is -2.39. The molecule has 0 unspecified atom stereocenters. The van der Waals surface area contributed by atoms with Gasteiger partial charge in [-0.15, -0.1) is 35.3 Å². The molecule has 2 heterocycles. The predicted octanol–water partition coefficient (Wildman–Crippen LogP) is 3.11.